The molecule has 9 heteroatoms. The summed E-state index contributed by atoms with van der Waals surface area (Å²) in [4.78, 5) is 26.4. The Labute approximate surface area is 210 Å². The zero-order chi connectivity index (χ0) is 25.5. The first-order chi connectivity index (χ1) is 17.3. The van der Waals surface area contributed by atoms with Crippen LogP contribution >= 0.6 is 0 Å². The molecule has 3 aliphatic rings. The van der Waals surface area contributed by atoms with Gasteiger partial charge in [-0.1, -0.05) is 32.0 Å². The number of anilines is 2. The number of para-hydroxylation sites is 1. The molecule has 2 aromatic rings. The third kappa shape index (κ3) is 4.37. The molecule has 1 atom stereocenters. The predicted octanol–water partition coefficient (Wildman–Crippen LogP) is 3.94. The standard InChI is InChI=1S/C27H33N3O6/c1-3-27(4-2)19-7-5-6-8-21(19)30(25(34)36-27)12-11-26(9-10-26)28-15-22(32)18-13-17(31)14-20-24(18)35-16-23(33)29-20/h5-8,13-14,22,28,31-32H,3-4,9-12,15-16H2,1-2H3,(H,29,33). The number of aromatic hydroxyl groups is 1. The van der Waals surface area contributed by atoms with Crippen molar-refractivity contribution in [2.75, 3.05) is 29.9 Å². The highest BCUT2D eigenvalue weighted by Gasteiger charge is 2.46. The van der Waals surface area contributed by atoms with Gasteiger partial charge in [0, 0.05) is 35.8 Å². The number of rotatable bonds is 9. The number of hydrogen-bond acceptors (Lipinski definition) is 7. The lowest BCUT2D eigenvalue weighted by atomic mass is 9.85. The number of aliphatic hydroxyl groups excluding tert-OH is 1. The number of nitrogens with one attached hydrogen (secondary N) is 2. The van der Waals surface area contributed by atoms with Crippen molar-refractivity contribution in [3.05, 3.63) is 47.5 Å². The summed E-state index contributed by atoms with van der Waals surface area (Å²) < 4.78 is 11.5. The summed E-state index contributed by atoms with van der Waals surface area (Å²) in [5.41, 5.74) is 1.93. The van der Waals surface area contributed by atoms with Gasteiger partial charge in [-0.05, 0) is 44.2 Å². The Hall–Kier alpha value is -3.30. The summed E-state index contributed by atoms with van der Waals surface area (Å²) in [7, 11) is 0. The van der Waals surface area contributed by atoms with Crippen LogP contribution in [0.2, 0.25) is 0 Å². The fraction of sp³-hybridized carbons (Fsp3) is 0.481. The molecule has 2 aromatic carbocycles. The number of ether oxygens (including phenoxy) is 2. The molecule has 1 unspecified atom stereocenters. The lowest BCUT2D eigenvalue weighted by Crippen LogP contribution is -2.47. The second-order valence-corrected chi connectivity index (χ2v) is 9.91. The third-order valence-electron chi connectivity index (χ3n) is 7.75. The van der Waals surface area contributed by atoms with Crippen molar-refractivity contribution < 1.29 is 29.3 Å². The average Bonchev–Trinajstić information content (AvgIpc) is 3.65. The largest absolute Gasteiger partial charge is 0.508 e. The third-order valence-corrected chi connectivity index (χ3v) is 7.75. The van der Waals surface area contributed by atoms with Gasteiger partial charge >= 0.3 is 6.09 Å². The number of fused-ring (bicyclic) bond motifs is 2. The van der Waals surface area contributed by atoms with Gasteiger partial charge in [0.1, 0.15) is 17.1 Å². The van der Waals surface area contributed by atoms with Crippen LogP contribution in [0, 0.1) is 0 Å². The molecular weight excluding hydrogens is 462 g/mol. The molecule has 36 heavy (non-hydrogen) atoms. The number of carbonyl (C=O) groups excluding carboxylic acids is 2. The fourth-order valence-electron chi connectivity index (χ4n) is 5.33. The highest BCUT2D eigenvalue weighted by Crippen LogP contribution is 2.45. The number of carbonyl (C=O) groups is 2. The lowest BCUT2D eigenvalue weighted by Gasteiger charge is -2.42. The van der Waals surface area contributed by atoms with Gasteiger partial charge in [0.05, 0.1) is 17.5 Å². The molecule has 1 saturated carbocycles. The SMILES string of the molecule is CCC1(CC)OC(=O)N(CCC2(NCC(O)c3cc(O)cc4c3OCC(=O)N4)CC2)c2ccccc21. The minimum absolute atomic E-state index is 0.0627. The topological polar surface area (TPSA) is 120 Å². The number of benzene rings is 2. The summed E-state index contributed by atoms with van der Waals surface area (Å²) in [6.07, 6.45) is 2.74. The number of cyclic esters (lactones) is 1. The second-order valence-electron chi connectivity index (χ2n) is 9.91. The van der Waals surface area contributed by atoms with Gasteiger partial charge in [-0.3, -0.25) is 9.69 Å². The predicted molar refractivity (Wildman–Crippen MR) is 134 cm³/mol. The molecule has 0 saturated heterocycles. The Morgan fingerprint density at radius 3 is 2.64 bits per heavy atom. The number of β-amino-alcohol motifs (C(OH)–C–C–N with tert-alkyl or cyclic N) is 1. The van der Waals surface area contributed by atoms with E-state index in [1.165, 1.54) is 12.1 Å². The van der Waals surface area contributed by atoms with E-state index in [0.717, 1.165) is 36.9 Å². The molecule has 2 aliphatic heterocycles. The van der Waals surface area contributed by atoms with Crippen LogP contribution in [0.4, 0.5) is 16.2 Å². The van der Waals surface area contributed by atoms with Crippen molar-refractivity contribution in [3.8, 4) is 11.5 Å². The van der Waals surface area contributed by atoms with Crippen LogP contribution in [-0.2, 0) is 15.1 Å². The number of amides is 2. The Kier molecular flexibility index (Phi) is 6.30. The van der Waals surface area contributed by atoms with Gasteiger partial charge in [-0.25, -0.2) is 4.79 Å². The Morgan fingerprint density at radius 2 is 1.92 bits per heavy atom. The molecule has 1 aliphatic carbocycles. The van der Waals surface area contributed by atoms with E-state index in [0.29, 0.717) is 30.0 Å². The number of phenolic OH excluding ortho intramolecular Hbond substituents is 1. The van der Waals surface area contributed by atoms with E-state index in [-0.39, 0.29) is 36.4 Å². The van der Waals surface area contributed by atoms with E-state index in [9.17, 15) is 19.8 Å². The van der Waals surface area contributed by atoms with Crippen LogP contribution in [0.25, 0.3) is 0 Å². The van der Waals surface area contributed by atoms with E-state index in [2.05, 4.69) is 10.6 Å². The first-order valence-electron chi connectivity index (χ1n) is 12.6. The molecule has 0 radical (unpaired) electrons. The van der Waals surface area contributed by atoms with Crippen LogP contribution in [0.3, 0.4) is 0 Å². The van der Waals surface area contributed by atoms with Crippen LogP contribution in [0.15, 0.2) is 36.4 Å². The van der Waals surface area contributed by atoms with Gasteiger partial charge in [0.15, 0.2) is 6.61 Å². The molecule has 0 aromatic heterocycles. The van der Waals surface area contributed by atoms with E-state index in [1.54, 1.807) is 4.90 Å². The van der Waals surface area contributed by atoms with Crippen molar-refractivity contribution in [2.24, 2.45) is 0 Å². The minimum Gasteiger partial charge on any atom is -0.508 e. The summed E-state index contributed by atoms with van der Waals surface area (Å²) in [5.74, 6) is -0.00156. The molecule has 0 spiro atoms. The zero-order valence-electron chi connectivity index (χ0n) is 20.7. The Bertz CT molecular complexity index is 1170. The van der Waals surface area contributed by atoms with Crippen molar-refractivity contribution in [2.45, 2.75) is 63.2 Å². The molecular formula is C27H33N3O6. The highest BCUT2D eigenvalue weighted by atomic mass is 16.6. The number of hydrogen-bond donors (Lipinski definition) is 4. The van der Waals surface area contributed by atoms with E-state index in [4.69, 9.17) is 9.47 Å². The van der Waals surface area contributed by atoms with E-state index >= 15 is 0 Å². The van der Waals surface area contributed by atoms with Gasteiger partial charge in [0.25, 0.3) is 5.91 Å². The number of phenols is 1. The molecule has 1 fully saturated rings. The fourth-order valence-corrected chi connectivity index (χ4v) is 5.33. The summed E-state index contributed by atoms with van der Waals surface area (Å²) in [6, 6.07) is 10.8. The molecule has 0 bridgehead atoms. The van der Waals surface area contributed by atoms with Crippen LogP contribution < -0.4 is 20.3 Å². The summed E-state index contributed by atoms with van der Waals surface area (Å²) >= 11 is 0. The normalized spacial score (nSPS) is 19.9. The molecule has 192 valence electrons. The van der Waals surface area contributed by atoms with Gasteiger partial charge in [0.2, 0.25) is 0 Å². The highest BCUT2D eigenvalue weighted by molar-refractivity contribution is 5.96. The molecule has 2 amide bonds. The quantitative estimate of drug-likeness (QED) is 0.416. The van der Waals surface area contributed by atoms with Gasteiger partial charge < -0.3 is 30.3 Å². The maximum absolute atomic E-state index is 13.0. The van der Waals surface area contributed by atoms with Crippen LogP contribution in [-0.4, -0.2) is 47.4 Å². The lowest BCUT2D eigenvalue weighted by molar-refractivity contribution is -0.118. The van der Waals surface area contributed by atoms with Gasteiger partial charge in [-0.2, -0.15) is 0 Å². The minimum atomic E-state index is -0.950. The van der Waals surface area contributed by atoms with Gasteiger partial charge in [-0.15, -0.1) is 0 Å². The monoisotopic (exact) mass is 495 g/mol. The van der Waals surface area contributed by atoms with Crippen molar-refractivity contribution in [1.82, 2.24) is 5.32 Å². The van der Waals surface area contributed by atoms with Crippen molar-refractivity contribution in [3.63, 3.8) is 0 Å². The number of aliphatic hydroxyl groups is 1. The number of nitrogens with zero attached hydrogens (tertiary/aromatic N) is 1. The molecule has 5 rings (SSSR count). The average molecular weight is 496 g/mol. The van der Waals surface area contributed by atoms with Crippen LogP contribution in [0.1, 0.15) is 63.2 Å². The molecule has 4 N–H and O–H groups in total. The Morgan fingerprint density at radius 1 is 1.17 bits per heavy atom. The maximum Gasteiger partial charge on any atom is 0.415 e. The van der Waals surface area contributed by atoms with E-state index in [1.807, 2.05) is 38.1 Å². The van der Waals surface area contributed by atoms with Crippen LogP contribution in [0.5, 0.6) is 11.5 Å². The molecule has 9 nitrogen and oxygen atoms in total. The zero-order valence-corrected chi connectivity index (χ0v) is 20.7. The van der Waals surface area contributed by atoms with Crippen molar-refractivity contribution >= 4 is 23.4 Å². The first-order valence-corrected chi connectivity index (χ1v) is 12.6. The summed E-state index contributed by atoms with van der Waals surface area (Å²) in [6.45, 7) is 4.68. The molecule has 2 heterocycles. The Balaban J connectivity index is 1.26. The first kappa shape index (κ1) is 24.4. The second kappa shape index (κ2) is 9.29. The summed E-state index contributed by atoms with van der Waals surface area (Å²) in [5, 5.41) is 27.1. The maximum atomic E-state index is 13.0. The van der Waals surface area contributed by atoms with Crippen molar-refractivity contribution in [1.29, 1.82) is 0 Å². The van der Waals surface area contributed by atoms with E-state index < -0.39 is 11.7 Å². The smallest absolute Gasteiger partial charge is 0.415 e.